The van der Waals surface area contributed by atoms with Gasteiger partial charge in [0.15, 0.2) is 5.69 Å². The summed E-state index contributed by atoms with van der Waals surface area (Å²) in [7, 11) is 0. The highest BCUT2D eigenvalue weighted by Gasteiger charge is 2.32. The predicted octanol–water partition coefficient (Wildman–Crippen LogP) is 4.68. The number of ether oxygens (including phenoxy) is 2. The number of carbonyl (C=O) groups excluding carboxylic acids is 3. The SMILES string of the molecule is CCOC(=O)c1c(NC(=O)[C@H](OC(=O)c2cnc(C)cn2)c2ccccc2)sc2c1CC[C@@H](C)C2. The van der Waals surface area contributed by atoms with E-state index in [1.54, 1.807) is 44.2 Å². The second-order valence-electron chi connectivity index (χ2n) is 8.50. The van der Waals surface area contributed by atoms with Crippen molar-refractivity contribution < 1.29 is 23.9 Å². The number of anilines is 1. The van der Waals surface area contributed by atoms with Crippen LogP contribution in [0, 0.1) is 12.8 Å². The average molecular weight is 494 g/mol. The van der Waals surface area contributed by atoms with Crippen LogP contribution in [0.5, 0.6) is 0 Å². The van der Waals surface area contributed by atoms with Crippen molar-refractivity contribution in [2.45, 2.75) is 46.1 Å². The van der Waals surface area contributed by atoms with E-state index in [1.807, 2.05) is 0 Å². The third-order valence-electron chi connectivity index (χ3n) is 5.78. The zero-order valence-electron chi connectivity index (χ0n) is 19.9. The molecule has 0 unspecified atom stereocenters. The Hall–Kier alpha value is -3.59. The quantitative estimate of drug-likeness (QED) is 0.476. The van der Waals surface area contributed by atoms with Gasteiger partial charge in [0.2, 0.25) is 6.10 Å². The standard InChI is InChI=1S/C26H27N3O5S/c1-4-33-26(32)21-18-11-10-15(2)12-20(18)35-24(21)29-23(30)22(17-8-6-5-7-9-17)34-25(31)19-14-27-16(3)13-28-19/h5-9,13-15,22H,4,10-12H2,1-3H3,(H,29,30)/t15-,22-/m1/s1. The number of nitrogens with zero attached hydrogens (tertiary/aromatic N) is 2. The summed E-state index contributed by atoms with van der Waals surface area (Å²) in [5.41, 5.74) is 2.48. The van der Waals surface area contributed by atoms with Crippen molar-refractivity contribution in [2.75, 3.05) is 11.9 Å². The molecule has 4 rings (SSSR count). The van der Waals surface area contributed by atoms with Gasteiger partial charge in [-0.05, 0) is 44.6 Å². The van der Waals surface area contributed by atoms with E-state index in [9.17, 15) is 14.4 Å². The summed E-state index contributed by atoms with van der Waals surface area (Å²) in [4.78, 5) is 48.3. The van der Waals surface area contributed by atoms with Gasteiger partial charge < -0.3 is 14.8 Å². The third-order valence-corrected chi connectivity index (χ3v) is 6.95. The number of carbonyl (C=O) groups is 3. The van der Waals surface area contributed by atoms with Crippen molar-refractivity contribution in [1.82, 2.24) is 9.97 Å². The fraction of sp³-hybridized carbons (Fsp3) is 0.346. The normalized spacial score (nSPS) is 15.6. The maximum atomic E-state index is 13.5. The van der Waals surface area contributed by atoms with Gasteiger partial charge >= 0.3 is 11.9 Å². The summed E-state index contributed by atoms with van der Waals surface area (Å²) < 4.78 is 10.9. The first-order valence-electron chi connectivity index (χ1n) is 11.5. The second-order valence-corrected chi connectivity index (χ2v) is 9.61. The Balaban J connectivity index is 1.64. The molecule has 1 aliphatic carbocycles. The van der Waals surface area contributed by atoms with Crippen molar-refractivity contribution >= 4 is 34.2 Å². The van der Waals surface area contributed by atoms with Crippen LogP contribution in [0.1, 0.15) is 68.9 Å². The molecule has 1 aromatic carbocycles. The molecule has 2 atom stereocenters. The van der Waals surface area contributed by atoms with Crippen molar-refractivity contribution in [2.24, 2.45) is 5.92 Å². The minimum atomic E-state index is -1.25. The van der Waals surface area contributed by atoms with Crippen LogP contribution in [-0.4, -0.2) is 34.4 Å². The molecule has 0 radical (unpaired) electrons. The van der Waals surface area contributed by atoms with E-state index < -0.39 is 23.9 Å². The van der Waals surface area contributed by atoms with Gasteiger partial charge in [-0.25, -0.2) is 14.6 Å². The van der Waals surface area contributed by atoms with Gasteiger partial charge in [0.25, 0.3) is 5.91 Å². The van der Waals surface area contributed by atoms with Gasteiger partial charge in [0, 0.05) is 16.6 Å². The van der Waals surface area contributed by atoms with E-state index in [0.29, 0.717) is 27.7 Å². The molecule has 2 aromatic heterocycles. The highest BCUT2D eigenvalue weighted by Crippen LogP contribution is 2.40. The minimum absolute atomic E-state index is 0.00267. The second kappa shape index (κ2) is 10.8. The molecule has 0 aliphatic heterocycles. The molecule has 0 bridgehead atoms. The van der Waals surface area contributed by atoms with Crippen LogP contribution in [0.2, 0.25) is 0 Å². The lowest BCUT2D eigenvalue weighted by atomic mass is 9.88. The smallest absolute Gasteiger partial charge is 0.359 e. The average Bonchev–Trinajstić information content (AvgIpc) is 3.20. The third kappa shape index (κ3) is 5.57. The Labute approximate surface area is 207 Å². The van der Waals surface area contributed by atoms with Crippen molar-refractivity contribution in [3.8, 4) is 0 Å². The monoisotopic (exact) mass is 493 g/mol. The van der Waals surface area contributed by atoms with Gasteiger partial charge in [-0.3, -0.25) is 9.78 Å². The first-order valence-corrected chi connectivity index (χ1v) is 12.4. The molecule has 8 nitrogen and oxygen atoms in total. The fourth-order valence-electron chi connectivity index (χ4n) is 4.00. The molecule has 0 fully saturated rings. The number of amides is 1. The molecule has 0 spiro atoms. The minimum Gasteiger partial charge on any atom is -0.462 e. The van der Waals surface area contributed by atoms with Gasteiger partial charge in [0.05, 0.1) is 24.1 Å². The van der Waals surface area contributed by atoms with E-state index in [2.05, 4.69) is 22.2 Å². The summed E-state index contributed by atoms with van der Waals surface area (Å²) in [5, 5.41) is 3.27. The van der Waals surface area contributed by atoms with Crippen molar-refractivity contribution in [3.63, 3.8) is 0 Å². The number of hydrogen-bond donors (Lipinski definition) is 1. The molecule has 182 valence electrons. The lowest BCUT2D eigenvalue weighted by Crippen LogP contribution is -2.26. The zero-order valence-corrected chi connectivity index (χ0v) is 20.7. The molecule has 1 aliphatic rings. The molecule has 1 amide bonds. The van der Waals surface area contributed by atoms with Crippen LogP contribution in [0.25, 0.3) is 0 Å². The van der Waals surface area contributed by atoms with E-state index in [-0.39, 0.29) is 12.3 Å². The summed E-state index contributed by atoms with van der Waals surface area (Å²) in [6.45, 7) is 5.90. The zero-order chi connectivity index (χ0) is 24.9. The molecular formula is C26H27N3O5S. The largest absolute Gasteiger partial charge is 0.462 e. The van der Waals surface area contributed by atoms with Crippen LogP contribution < -0.4 is 5.32 Å². The number of nitrogens with one attached hydrogen (secondary N) is 1. The van der Waals surface area contributed by atoms with Crippen LogP contribution in [-0.2, 0) is 27.1 Å². The summed E-state index contributed by atoms with van der Waals surface area (Å²) in [6, 6.07) is 8.71. The number of esters is 2. The van der Waals surface area contributed by atoms with Crippen LogP contribution in [0.3, 0.4) is 0 Å². The topological polar surface area (TPSA) is 107 Å². The van der Waals surface area contributed by atoms with Crippen LogP contribution >= 0.6 is 11.3 Å². The number of aryl methyl sites for hydroxylation is 1. The number of fused-ring (bicyclic) bond motifs is 1. The molecule has 9 heteroatoms. The van der Waals surface area contributed by atoms with E-state index in [0.717, 1.165) is 29.7 Å². The highest BCUT2D eigenvalue weighted by molar-refractivity contribution is 7.17. The number of rotatable bonds is 7. The van der Waals surface area contributed by atoms with Gasteiger partial charge in [-0.1, -0.05) is 37.3 Å². The van der Waals surface area contributed by atoms with E-state index in [4.69, 9.17) is 9.47 Å². The molecular weight excluding hydrogens is 466 g/mol. The lowest BCUT2D eigenvalue weighted by Gasteiger charge is -2.19. The van der Waals surface area contributed by atoms with Crippen molar-refractivity contribution in [1.29, 1.82) is 0 Å². The summed E-state index contributed by atoms with van der Waals surface area (Å²) >= 11 is 1.38. The van der Waals surface area contributed by atoms with Crippen LogP contribution in [0.15, 0.2) is 42.7 Å². The molecule has 1 N–H and O–H groups in total. The van der Waals surface area contributed by atoms with E-state index in [1.165, 1.54) is 23.7 Å². The number of aromatic nitrogens is 2. The predicted molar refractivity (Wildman–Crippen MR) is 131 cm³/mol. The Morgan fingerprint density at radius 2 is 1.91 bits per heavy atom. The fourth-order valence-corrected chi connectivity index (χ4v) is 5.40. The Morgan fingerprint density at radius 3 is 2.60 bits per heavy atom. The molecule has 35 heavy (non-hydrogen) atoms. The highest BCUT2D eigenvalue weighted by atomic mass is 32.1. The number of hydrogen-bond acceptors (Lipinski definition) is 8. The Kier molecular flexibility index (Phi) is 7.55. The number of thiophene rings is 1. The first kappa shape index (κ1) is 24.5. The Morgan fingerprint density at radius 1 is 1.14 bits per heavy atom. The van der Waals surface area contributed by atoms with Gasteiger partial charge in [-0.2, -0.15) is 0 Å². The van der Waals surface area contributed by atoms with Crippen molar-refractivity contribution in [3.05, 3.63) is 75.7 Å². The maximum Gasteiger partial charge on any atom is 0.359 e. The molecule has 3 aromatic rings. The molecule has 0 saturated carbocycles. The van der Waals surface area contributed by atoms with Gasteiger partial charge in [-0.15, -0.1) is 11.3 Å². The summed E-state index contributed by atoms with van der Waals surface area (Å²) in [6.07, 6.45) is 4.07. The maximum absolute atomic E-state index is 13.5. The molecule has 2 heterocycles. The number of benzene rings is 1. The molecule has 0 saturated heterocycles. The van der Waals surface area contributed by atoms with Gasteiger partial charge in [0.1, 0.15) is 5.00 Å². The van der Waals surface area contributed by atoms with Crippen LogP contribution in [0.4, 0.5) is 5.00 Å². The Bertz CT molecular complexity index is 1220. The first-order chi connectivity index (χ1) is 16.9. The summed E-state index contributed by atoms with van der Waals surface area (Å²) in [5.74, 6) is -1.31. The lowest BCUT2D eigenvalue weighted by molar-refractivity contribution is -0.125. The van der Waals surface area contributed by atoms with E-state index >= 15 is 0 Å².